The smallest absolute Gasteiger partial charge is 0.228 e. The van der Waals surface area contributed by atoms with Crippen LogP contribution in [0.15, 0.2) is 85.5 Å². The number of rotatable bonds is 7. The first kappa shape index (κ1) is 28.7. The van der Waals surface area contributed by atoms with Gasteiger partial charge in [0.25, 0.3) is 0 Å². The average Bonchev–Trinajstić information content (AvgIpc) is 3.42. The summed E-state index contributed by atoms with van der Waals surface area (Å²) in [4.78, 5) is 24.1. The van der Waals surface area contributed by atoms with Gasteiger partial charge in [-0.2, -0.15) is 0 Å². The third kappa shape index (κ3) is 6.66. The van der Waals surface area contributed by atoms with Crippen molar-refractivity contribution in [2.45, 2.75) is 39.2 Å². The predicted molar refractivity (Wildman–Crippen MR) is 167 cm³/mol. The third-order valence-electron chi connectivity index (χ3n) is 7.88. The van der Waals surface area contributed by atoms with Crippen LogP contribution in [0.1, 0.15) is 37.5 Å². The van der Waals surface area contributed by atoms with Crippen molar-refractivity contribution in [3.8, 4) is 22.4 Å². The fraction of sp³-hybridized carbons (Fsp3) is 0.286. The molecule has 4 heterocycles. The zero-order valence-electron chi connectivity index (χ0n) is 24.8. The summed E-state index contributed by atoms with van der Waals surface area (Å²) in [6, 6.07) is 19.2. The van der Waals surface area contributed by atoms with E-state index in [1.165, 1.54) is 6.07 Å². The van der Waals surface area contributed by atoms with E-state index in [2.05, 4.69) is 47.0 Å². The van der Waals surface area contributed by atoms with Gasteiger partial charge in [-0.05, 0) is 75.7 Å². The number of benzene rings is 2. The molecule has 5 aromatic rings. The van der Waals surface area contributed by atoms with Crippen LogP contribution in [0, 0.1) is 5.82 Å². The molecule has 220 valence electrons. The Morgan fingerprint density at radius 2 is 1.74 bits per heavy atom. The molecule has 1 N–H and O–H groups in total. The first-order valence-corrected chi connectivity index (χ1v) is 14.6. The van der Waals surface area contributed by atoms with Crippen LogP contribution in [0.4, 0.5) is 10.1 Å². The normalized spacial score (nSPS) is 14.2. The van der Waals surface area contributed by atoms with Gasteiger partial charge < -0.3 is 10.1 Å². The fourth-order valence-corrected chi connectivity index (χ4v) is 5.45. The highest BCUT2D eigenvalue weighted by molar-refractivity contribution is 5.92. The van der Waals surface area contributed by atoms with Crippen molar-refractivity contribution in [2.75, 3.05) is 31.6 Å². The largest absolute Gasteiger partial charge is 0.379 e. The molecule has 1 amide bonds. The van der Waals surface area contributed by atoms with Gasteiger partial charge in [-0.3, -0.25) is 19.1 Å². The second-order valence-electron chi connectivity index (χ2n) is 12.1. The average molecular weight is 578 g/mol. The zero-order chi connectivity index (χ0) is 30.0. The highest BCUT2D eigenvalue weighted by Gasteiger charge is 2.19. The Balaban J connectivity index is 1.18. The van der Waals surface area contributed by atoms with Crippen LogP contribution in [-0.4, -0.2) is 51.5 Å². The van der Waals surface area contributed by atoms with Gasteiger partial charge >= 0.3 is 0 Å². The molecule has 0 aliphatic carbocycles. The van der Waals surface area contributed by atoms with Crippen molar-refractivity contribution < 1.29 is 13.9 Å². The van der Waals surface area contributed by atoms with Gasteiger partial charge in [0, 0.05) is 49.5 Å². The second kappa shape index (κ2) is 12.1. The van der Waals surface area contributed by atoms with Crippen molar-refractivity contribution in [1.29, 1.82) is 0 Å². The third-order valence-corrected chi connectivity index (χ3v) is 7.88. The van der Waals surface area contributed by atoms with Crippen molar-refractivity contribution in [3.05, 3.63) is 108 Å². The summed E-state index contributed by atoms with van der Waals surface area (Å²) in [6.07, 6.45) is 7.13. The minimum atomic E-state index is -0.424. The maximum absolute atomic E-state index is 15.3. The predicted octanol–water partition coefficient (Wildman–Crippen LogP) is 6.51. The van der Waals surface area contributed by atoms with E-state index in [0.717, 1.165) is 72.1 Å². The highest BCUT2D eigenvalue weighted by atomic mass is 19.1. The lowest BCUT2D eigenvalue weighted by molar-refractivity contribution is -0.115. The summed E-state index contributed by atoms with van der Waals surface area (Å²) in [6.45, 7) is 10.5. The number of ether oxygens (including phenoxy) is 1. The standard InChI is InChI=1S/C35H36FN5O2/c1-35(2,3)29-16-24(23-40-12-14-43-15-13-40)17-30(21-29)39-34(42)20-27-4-5-28(18-31(27)36)32-22-38-33-19-26(8-11-41(32)33)25-6-9-37-10-7-25/h4-11,16-19,21-22H,12-15,20,23H2,1-3H3,(H,39,42). The maximum Gasteiger partial charge on any atom is 0.228 e. The number of carbonyl (C=O) groups is 1. The van der Waals surface area contributed by atoms with E-state index in [4.69, 9.17) is 4.74 Å². The van der Waals surface area contributed by atoms with Gasteiger partial charge in [0.1, 0.15) is 11.5 Å². The van der Waals surface area contributed by atoms with Crippen LogP contribution >= 0.6 is 0 Å². The van der Waals surface area contributed by atoms with E-state index in [0.29, 0.717) is 11.1 Å². The Morgan fingerprint density at radius 3 is 2.49 bits per heavy atom. The van der Waals surface area contributed by atoms with Gasteiger partial charge in [-0.15, -0.1) is 0 Å². The van der Waals surface area contributed by atoms with Gasteiger partial charge in [-0.1, -0.05) is 39.0 Å². The number of nitrogens with one attached hydrogen (secondary N) is 1. The lowest BCUT2D eigenvalue weighted by atomic mass is 9.85. The Kier molecular flexibility index (Phi) is 8.06. The molecule has 1 aliphatic heterocycles. The lowest BCUT2D eigenvalue weighted by Crippen LogP contribution is -2.35. The molecule has 2 aromatic carbocycles. The van der Waals surface area contributed by atoms with Crippen molar-refractivity contribution >= 4 is 17.2 Å². The molecule has 8 heteroatoms. The van der Waals surface area contributed by atoms with Crippen LogP contribution < -0.4 is 5.32 Å². The number of morpholine rings is 1. The minimum absolute atomic E-state index is 0.0624. The first-order chi connectivity index (χ1) is 20.7. The van der Waals surface area contributed by atoms with E-state index in [1.807, 2.05) is 53.1 Å². The molecular formula is C35H36FN5O2. The number of fused-ring (bicyclic) bond motifs is 1. The summed E-state index contributed by atoms with van der Waals surface area (Å²) < 4.78 is 22.8. The first-order valence-electron chi connectivity index (χ1n) is 14.6. The number of hydrogen-bond acceptors (Lipinski definition) is 5. The number of hydrogen-bond donors (Lipinski definition) is 1. The molecule has 1 aliphatic rings. The number of anilines is 1. The molecule has 43 heavy (non-hydrogen) atoms. The Hall–Kier alpha value is -4.40. The van der Waals surface area contributed by atoms with E-state index >= 15 is 4.39 Å². The van der Waals surface area contributed by atoms with Crippen molar-refractivity contribution in [2.24, 2.45) is 0 Å². The highest BCUT2D eigenvalue weighted by Crippen LogP contribution is 2.29. The van der Waals surface area contributed by atoms with Crippen LogP contribution in [0.25, 0.3) is 28.0 Å². The van der Waals surface area contributed by atoms with Crippen molar-refractivity contribution in [1.82, 2.24) is 19.3 Å². The summed E-state index contributed by atoms with van der Waals surface area (Å²) in [5, 5.41) is 3.03. The van der Waals surface area contributed by atoms with Gasteiger partial charge in [0.05, 0.1) is 31.5 Å². The van der Waals surface area contributed by atoms with Gasteiger partial charge in [-0.25, -0.2) is 9.37 Å². The van der Waals surface area contributed by atoms with E-state index in [9.17, 15) is 4.79 Å². The van der Waals surface area contributed by atoms with Gasteiger partial charge in [0.15, 0.2) is 0 Å². The fourth-order valence-electron chi connectivity index (χ4n) is 5.45. The Bertz CT molecular complexity index is 1750. The molecule has 0 bridgehead atoms. The maximum atomic E-state index is 15.3. The number of nitrogens with zero attached hydrogens (tertiary/aromatic N) is 4. The van der Waals surface area contributed by atoms with E-state index < -0.39 is 5.82 Å². The number of imidazole rings is 1. The lowest BCUT2D eigenvalue weighted by Gasteiger charge is -2.28. The molecule has 0 atom stereocenters. The number of carbonyl (C=O) groups excluding carboxylic acids is 1. The number of pyridine rings is 2. The van der Waals surface area contributed by atoms with E-state index in [-0.39, 0.29) is 17.7 Å². The summed E-state index contributed by atoms with van der Waals surface area (Å²) >= 11 is 0. The quantitative estimate of drug-likeness (QED) is 0.239. The molecule has 0 unspecified atom stereocenters. The Labute approximate surface area is 251 Å². The van der Waals surface area contributed by atoms with Crippen LogP contribution in [0.3, 0.4) is 0 Å². The molecule has 1 saturated heterocycles. The summed E-state index contributed by atoms with van der Waals surface area (Å²) in [7, 11) is 0. The van der Waals surface area contributed by atoms with Crippen LogP contribution in [0.2, 0.25) is 0 Å². The molecule has 0 radical (unpaired) electrons. The number of aromatic nitrogens is 3. The van der Waals surface area contributed by atoms with E-state index in [1.54, 1.807) is 24.7 Å². The molecule has 6 rings (SSSR count). The molecule has 0 spiro atoms. The zero-order valence-corrected chi connectivity index (χ0v) is 24.8. The SMILES string of the molecule is CC(C)(C)c1cc(CN2CCOCC2)cc(NC(=O)Cc2ccc(-c3cnc4cc(-c5ccncc5)ccn34)cc2F)c1. The molecular weight excluding hydrogens is 541 g/mol. The molecule has 1 fully saturated rings. The van der Waals surface area contributed by atoms with Crippen LogP contribution in [0.5, 0.6) is 0 Å². The molecule has 7 nitrogen and oxygen atoms in total. The van der Waals surface area contributed by atoms with Gasteiger partial charge in [0.2, 0.25) is 5.91 Å². The summed E-state index contributed by atoms with van der Waals surface area (Å²) in [5.74, 6) is -0.680. The van der Waals surface area contributed by atoms with Crippen molar-refractivity contribution in [3.63, 3.8) is 0 Å². The minimum Gasteiger partial charge on any atom is -0.379 e. The number of halogens is 1. The molecule has 0 saturated carbocycles. The topological polar surface area (TPSA) is 71.8 Å². The van der Waals surface area contributed by atoms with Crippen LogP contribution in [-0.2, 0) is 27.9 Å². The molecule has 3 aromatic heterocycles. The Morgan fingerprint density at radius 1 is 0.953 bits per heavy atom. The number of amides is 1. The second-order valence-corrected chi connectivity index (χ2v) is 12.1. The monoisotopic (exact) mass is 577 g/mol. The summed E-state index contributed by atoms with van der Waals surface area (Å²) in [5.41, 5.74) is 7.58.